The number of benzene rings is 1. The van der Waals surface area contributed by atoms with Gasteiger partial charge in [-0.1, -0.05) is 6.92 Å². The minimum absolute atomic E-state index is 0.0653. The molecule has 1 N–H and O–H groups in total. The number of rotatable bonds is 9. The first kappa shape index (κ1) is 28.7. The van der Waals surface area contributed by atoms with Crippen molar-refractivity contribution in [2.24, 2.45) is 11.8 Å². The number of carbonyl (C=O) groups excluding carboxylic acids is 1. The molecule has 2 fully saturated rings. The van der Waals surface area contributed by atoms with Gasteiger partial charge >= 0.3 is 6.18 Å². The van der Waals surface area contributed by atoms with Crippen molar-refractivity contribution >= 4 is 17.4 Å². The van der Waals surface area contributed by atoms with E-state index in [4.69, 9.17) is 4.74 Å². The number of alkyl halides is 3. The lowest BCUT2D eigenvalue weighted by molar-refractivity contribution is -0.118. The Hall–Kier alpha value is -3.82. The van der Waals surface area contributed by atoms with E-state index in [1.807, 2.05) is 17.0 Å². The number of phenols is 1. The molecule has 1 aliphatic heterocycles. The summed E-state index contributed by atoms with van der Waals surface area (Å²) in [5, 5.41) is 10.2. The van der Waals surface area contributed by atoms with Crippen LogP contribution in [0.3, 0.4) is 0 Å². The number of hydrogen-bond donors (Lipinski definition) is 1. The minimum atomic E-state index is -4.62. The van der Waals surface area contributed by atoms with Crippen LogP contribution in [0.15, 0.2) is 54.9 Å². The molecule has 0 radical (unpaired) electrons. The average Bonchev–Trinajstić information content (AvgIpc) is 3.80. The van der Waals surface area contributed by atoms with Gasteiger partial charge in [-0.05, 0) is 91.8 Å². The van der Waals surface area contributed by atoms with Crippen LogP contribution in [-0.2, 0) is 0 Å². The van der Waals surface area contributed by atoms with Crippen LogP contribution in [0.1, 0.15) is 60.0 Å². The Labute approximate surface area is 238 Å². The summed E-state index contributed by atoms with van der Waals surface area (Å²) < 4.78 is 46.7. The molecule has 1 aromatic carbocycles. The van der Waals surface area contributed by atoms with Crippen LogP contribution in [0.2, 0.25) is 0 Å². The van der Waals surface area contributed by atoms with Gasteiger partial charge in [0, 0.05) is 37.6 Å². The maximum absolute atomic E-state index is 13.6. The highest BCUT2D eigenvalue weighted by Crippen LogP contribution is 2.42. The van der Waals surface area contributed by atoms with Crippen LogP contribution in [-0.4, -0.2) is 53.4 Å². The fraction of sp³-hybridized carbons (Fsp3) is 0.452. The summed E-state index contributed by atoms with van der Waals surface area (Å²) >= 11 is 0. The molecule has 3 aromatic rings. The second-order valence-corrected chi connectivity index (χ2v) is 11.2. The molecule has 2 aliphatic rings. The number of anilines is 2. The first-order chi connectivity index (χ1) is 19.6. The van der Waals surface area contributed by atoms with Crippen molar-refractivity contribution in [1.82, 2.24) is 9.97 Å². The Kier molecular flexibility index (Phi) is 8.37. The molecule has 1 saturated heterocycles. The van der Waals surface area contributed by atoms with E-state index in [0.29, 0.717) is 47.6 Å². The first-order valence-corrected chi connectivity index (χ1v) is 14.1. The van der Waals surface area contributed by atoms with Crippen LogP contribution in [0.5, 0.6) is 11.6 Å². The molecule has 1 aliphatic carbocycles. The van der Waals surface area contributed by atoms with E-state index in [1.54, 1.807) is 19.2 Å². The molecule has 1 unspecified atom stereocenters. The number of piperidine rings is 1. The van der Waals surface area contributed by atoms with E-state index in [2.05, 4.69) is 16.9 Å². The summed E-state index contributed by atoms with van der Waals surface area (Å²) in [5.74, 6) is 1.15. The number of carbonyl (C=O) groups is 1. The van der Waals surface area contributed by atoms with Crippen molar-refractivity contribution in [3.8, 4) is 11.6 Å². The average molecular weight is 569 g/mol. The van der Waals surface area contributed by atoms with Gasteiger partial charge in [-0.3, -0.25) is 9.69 Å². The lowest BCUT2D eigenvalue weighted by Gasteiger charge is -2.35. The molecule has 7 nitrogen and oxygen atoms in total. The molecule has 1 saturated carbocycles. The summed E-state index contributed by atoms with van der Waals surface area (Å²) in [7, 11) is 0. The highest BCUT2D eigenvalue weighted by molar-refractivity contribution is 6.09. The smallest absolute Gasteiger partial charge is 0.406 e. The molecule has 1 atom stereocenters. The lowest BCUT2D eigenvalue weighted by Crippen LogP contribution is -2.41. The Balaban J connectivity index is 1.27. The number of aryl methyl sites for hydroxylation is 1. The van der Waals surface area contributed by atoms with E-state index >= 15 is 0 Å². The number of halogens is 3. The Morgan fingerprint density at radius 1 is 1.07 bits per heavy atom. The Morgan fingerprint density at radius 3 is 2.49 bits per heavy atom. The monoisotopic (exact) mass is 568 g/mol. The van der Waals surface area contributed by atoms with Gasteiger partial charge in [0.25, 0.3) is 5.91 Å². The fourth-order valence-electron chi connectivity index (χ4n) is 5.41. The molecule has 1 amide bonds. The second-order valence-electron chi connectivity index (χ2n) is 11.2. The zero-order chi connectivity index (χ0) is 29.1. The van der Waals surface area contributed by atoms with Crippen molar-refractivity contribution in [1.29, 1.82) is 0 Å². The zero-order valence-electron chi connectivity index (χ0n) is 23.3. The third kappa shape index (κ3) is 7.28. The molecular formula is C31H35F3N4O3. The highest BCUT2D eigenvalue weighted by Gasteiger charge is 2.36. The second kappa shape index (κ2) is 12.0. The summed E-state index contributed by atoms with van der Waals surface area (Å²) in [5.41, 5.74) is 2.41. The van der Waals surface area contributed by atoms with Crippen molar-refractivity contribution in [3.05, 3.63) is 71.5 Å². The number of amides is 1. The Morgan fingerprint density at radius 2 is 1.80 bits per heavy atom. The van der Waals surface area contributed by atoms with Crippen molar-refractivity contribution in [2.75, 3.05) is 36.0 Å². The van der Waals surface area contributed by atoms with Gasteiger partial charge in [0.15, 0.2) is 0 Å². The maximum Gasteiger partial charge on any atom is 0.406 e. The predicted molar refractivity (Wildman–Crippen MR) is 151 cm³/mol. The minimum Gasteiger partial charge on any atom is -0.508 e. The number of aromatic nitrogens is 2. The molecule has 5 rings (SSSR count). The molecule has 0 spiro atoms. The number of ether oxygens (including phenoxy) is 1. The maximum atomic E-state index is 13.6. The number of phenolic OH excluding ortho intramolecular Hbond substituents is 1. The van der Waals surface area contributed by atoms with E-state index in [-0.39, 0.29) is 23.0 Å². The van der Waals surface area contributed by atoms with Gasteiger partial charge < -0.3 is 14.7 Å². The number of hydrogen-bond acceptors (Lipinski definition) is 6. The zero-order valence-corrected chi connectivity index (χ0v) is 23.3. The lowest BCUT2D eigenvalue weighted by atomic mass is 9.96. The van der Waals surface area contributed by atoms with Crippen LogP contribution in [0, 0.1) is 18.8 Å². The van der Waals surface area contributed by atoms with Crippen molar-refractivity contribution in [3.63, 3.8) is 0 Å². The van der Waals surface area contributed by atoms with Gasteiger partial charge in [0.2, 0.25) is 5.88 Å². The van der Waals surface area contributed by atoms with Gasteiger partial charge in [-0.2, -0.15) is 13.2 Å². The third-order valence-corrected chi connectivity index (χ3v) is 8.01. The van der Waals surface area contributed by atoms with Crippen LogP contribution >= 0.6 is 0 Å². The summed E-state index contributed by atoms with van der Waals surface area (Å²) in [6.45, 7) is 4.12. The van der Waals surface area contributed by atoms with E-state index < -0.39 is 18.6 Å². The van der Waals surface area contributed by atoms with E-state index in [9.17, 15) is 23.1 Å². The number of pyridine rings is 2. The van der Waals surface area contributed by atoms with Gasteiger partial charge in [-0.25, -0.2) is 9.97 Å². The van der Waals surface area contributed by atoms with Gasteiger partial charge in [0.1, 0.15) is 18.1 Å². The van der Waals surface area contributed by atoms with E-state index in [0.717, 1.165) is 18.8 Å². The molecule has 3 heterocycles. The van der Waals surface area contributed by atoms with Crippen LogP contribution < -0.4 is 14.5 Å². The quantitative estimate of drug-likeness (QED) is 0.317. The molecule has 10 heteroatoms. The summed E-state index contributed by atoms with van der Waals surface area (Å²) in [4.78, 5) is 24.6. The topological polar surface area (TPSA) is 78.8 Å². The number of nitrogens with zero attached hydrogens (tertiary/aromatic N) is 4. The molecule has 0 bridgehead atoms. The summed E-state index contributed by atoms with van der Waals surface area (Å²) in [6.07, 6.45) is 2.61. The third-order valence-electron chi connectivity index (χ3n) is 8.01. The van der Waals surface area contributed by atoms with Crippen LogP contribution in [0.25, 0.3) is 0 Å². The largest absolute Gasteiger partial charge is 0.508 e. The molecular weight excluding hydrogens is 533 g/mol. The molecule has 41 heavy (non-hydrogen) atoms. The predicted octanol–water partition coefficient (Wildman–Crippen LogP) is 6.51. The first-order valence-electron chi connectivity index (χ1n) is 14.1. The summed E-state index contributed by atoms with van der Waals surface area (Å²) in [6, 6.07) is 11.3. The fourth-order valence-corrected chi connectivity index (χ4v) is 5.41. The molecule has 2 aromatic heterocycles. The van der Waals surface area contributed by atoms with Crippen molar-refractivity contribution in [2.45, 2.75) is 51.6 Å². The van der Waals surface area contributed by atoms with E-state index in [1.165, 1.54) is 48.9 Å². The SMILES string of the molecule is Cc1ccnc(N(CC(F)(F)F)C(=O)c2ccc(O)cc2N2CCC(COc3cc(C(C)C4CC4)ccn3)CC2)c1. The Bertz CT molecular complexity index is 1370. The highest BCUT2D eigenvalue weighted by atomic mass is 19.4. The van der Waals surface area contributed by atoms with Crippen LogP contribution in [0.4, 0.5) is 24.7 Å². The normalized spacial score (nSPS) is 16.9. The van der Waals surface area contributed by atoms with Gasteiger partial charge in [0.05, 0.1) is 17.9 Å². The standard InChI is InChI=1S/C31H35F3N4O3/c1-20-7-11-35-28(15-20)38(19-31(32,33)34)30(40)26-6-5-25(39)17-27(26)37-13-9-22(10-14-37)18-41-29-16-24(8-12-36-29)21(2)23-3-4-23/h5-8,11-12,15-17,21-23,39H,3-4,9-10,13-14,18-19H2,1-2H3. The van der Waals surface area contributed by atoms with Gasteiger partial charge in [-0.15, -0.1) is 0 Å². The molecule has 218 valence electrons. The number of aromatic hydroxyl groups is 1. The van der Waals surface area contributed by atoms with Crippen molar-refractivity contribution < 1.29 is 27.8 Å².